The molecule has 0 aliphatic heterocycles. The Morgan fingerprint density at radius 3 is 2.26 bits per heavy atom. The van der Waals surface area contributed by atoms with Crippen LogP contribution in [0, 0.1) is 23.2 Å². The SMILES string of the molecule is N#Cc1ccc2sc(Nc3ccc(-c4ccc(C(=O)C5CCCCC5C(=O)O)cc4)cc3)nc2c1. The first-order chi connectivity index (χ1) is 17.0. The zero-order valence-corrected chi connectivity index (χ0v) is 19.7. The molecule has 1 heterocycles. The normalized spacial score (nSPS) is 17.6. The van der Waals surface area contributed by atoms with Gasteiger partial charge in [-0.25, -0.2) is 4.98 Å². The first-order valence-corrected chi connectivity index (χ1v) is 12.4. The summed E-state index contributed by atoms with van der Waals surface area (Å²) >= 11 is 1.53. The van der Waals surface area contributed by atoms with Gasteiger partial charge in [0.05, 0.1) is 27.8 Å². The summed E-state index contributed by atoms with van der Waals surface area (Å²) in [4.78, 5) is 29.1. The maximum absolute atomic E-state index is 13.0. The van der Waals surface area contributed by atoms with Crippen molar-refractivity contribution in [3.8, 4) is 17.2 Å². The minimum absolute atomic E-state index is 0.0686. The molecule has 0 bridgehead atoms. The lowest BCUT2D eigenvalue weighted by Gasteiger charge is -2.27. The second-order valence-corrected chi connectivity index (χ2v) is 9.82. The van der Waals surface area contributed by atoms with E-state index >= 15 is 0 Å². The lowest BCUT2D eigenvalue weighted by atomic mass is 9.75. The number of Topliss-reactive ketones (excluding diaryl/α,β-unsaturated/α-hetero) is 1. The van der Waals surface area contributed by atoms with E-state index in [0.29, 0.717) is 24.0 Å². The molecule has 0 spiro atoms. The molecule has 1 fully saturated rings. The highest BCUT2D eigenvalue weighted by Crippen LogP contribution is 2.34. The summed E-state index contributed by atoms with van der Waals surface area (Å²) in [5, 5.41) is 22.6. The number of carboxylic acid groups (broad SMARTS) is 1. The number of carbonyl (C=O) groups excluding carboxylic acids is 1. The topological polar surface area (TPSA) is 103 Å². The zero-order valence-electron chi connectivity index (χ0n) is 18.9. The number of ketones is 1. The van der Waals surface area contributed by atoms with Crippen molar-refractivity contribution in [2.75, 3.05) is 5.32 Å². The average molecular weight is 482 g/mol. The van der Waals surface area contributed by atoms with Crippen LogP contribution >= 0.6 is 11.3 Å². The van der Waals surface area contributed by atoms with Crippen LogP contribution in [-0.4, -0.2) is 21.8 Å². The summed E-state index contributed by atoms with van der Waals surface area (Å²) < 4.78 is 1.01. The molecule has 0 amide bonds. The summed E-state index contributed by atoms with van der Waals surface area (Å²) in [6.45, 7) is 0. The Balaban J connectivity index is 1.28. The van der Waals surface area contributed by atoms with Gasteiger partial charge < -0.3 is 10.4 Å². The van der Waals surface area contributed by atoms with Gasteiger partial charge in [0, 0.05) is 17.2 Å². The van der Waals surface area contributed by atoms with Crippen molar-refractivity contribution in [1.29, 1.82) is 5.26 Å². The first kappa shape index (κ1) is 22.8. The molecule has 35 heavy (non-hydrogen) atoms. The molecule has 3 aromatic carbocycles. The predicted octanol–water partition coefficient (Wildman–Crippen LogP) is 6.65. The van der Waals surface area contributed by atoms with Crippen molar-refractivity contribution in [1.82, 2.24) is 4.98 Å². The highest BCUT2D eigenvalue weighted by atomic mass is 32.1. The summed E-state index contributed by atoms with van der Waals surface area (Å²) in [6.07, 6.45) is 2.98. The molecular weight excluding hydrogens is 458 g/mol. The fourth-order valence-corrected chi connectivity index (χ4v) is 5.57. The van der Waals surface area contributed by atoms with E-state index in [0.717, 1.165) is 45.0 Å². The van der Waals surface area contributed by atoms with Gasteiger partial charge in [0.1, 0.15) is 0 Å². The number of aliphatic carboxylic acids is 1. The monoisotopic (exact) mass is 481 g/mol. The molecule has 1 saturated carbocycles. The highest BCUT2D eigenvalue weighted by molar-refractivity contribution is 7.22. The molecule has 7 heteroatoms. The molecule has 5 rings (SSSR count). The number of anilines is 2. The molecule has 0 saturated heterocycles. The number of nitrogens with zero attached hydrogens (tertiary/aromatic N) is 2. The number of aromatic nitrogens is 1. The van der Waals surface area contributed by atoms with Crippen LogP contribution in [0.1, 0.15) is 41.6 Å². The third-order valence-electron chi connectivity index (χ3n) is 6.58. The average Bonchev–Trinajstić information content (AvgIpc) is 3.30. The minimum atomic E-state index is -0.869. The van der Waals surface area contributed by atoms with Crippen LogP contribution in [0.3, 0.4) is 0 Å². The van der Waals surface area contributed by atoms with E-state index in [2.05, 4.69) is 16.4 Å². The number of nitrogens with one attached hydrogen (secondary N) is 1. The molecule has 4 aromatic rings. The van der Waals surface area contributed by atoms with E-state index in [9.17, 15) is 14.7 Å². The van der Waals surface area contributed by atoms with Gasteiger partial charge in [0.2, 0.25) is 0 Å². The van der Waals surface area contributed by atoms with Crippen molar-refractivity contribution in [3.05, 3.63) is 77.9 Å². The number of hydrogen-bond acceptors (Lipinski definition) is 6. The first-order valence-electron chi connectivity index (χ1n) is 11.6. The van der Waals surface area contributed by atoms with Crippen molar-refractivity contribution >= 4 is 44.1 Å². The molecule has 2 atom stereocenters. The Morgan fingerprint density at radius 2 is 1.60 bits per heavy atom. The van der Waals surface area contributed by atoms with Crippen LogP contribution in [0.2, 0.25) is 0 Å². The van der Waals surface area contributed by atoms with Crippen LogP contribution in [0.4, 0.5) is 10.8 Å². The number of carboxylic acids is 1. The van der Waals surface area contributed by atoms with Crippen molar-refractivity contribution in [3.63, 3.8) is 0 Å². The number of carbonyl (C=O) groups is 2. The van der Waals surface area contributed by atoms with Crippen LogP contribution in [0.15, 0.2) is 66.7 Å². The Morgan fingerprint density at radius 1 is 0.943 bits per heavy atom. The van der Waals surface area contributed by atoms with Gasteiger partial charge in [-0.1, -0.05) is 60.6 Å². The van der Waals surface area contributed by atoms with E-state index in [1.807, 2.05) is 42.5 Å². The highest BCUT2D eigenvalue weighted by Gasteiger charge is 2.35. The molecule has 6 nitrogen and oxygen atoms in total. The summed E-state index contributed by atoms with van der Waals surface area (Å²) in [5.74, 6) is -1.96. The molecule has 2 N–H and O–H groups in total. The third kappa shape index (κ3) is 4.79. The van der Waals surface area contributed by atoms with Crippen molar-refractivity contribution < 1.29 is 14.7 Å². The molecule has 0 radical (unpaired) electrons. The van der Waals surface area contributed by atoms with Gasteiger partial charge in [-0.05, 0) is 54.3 Å². The van der Waals surface area contributed by atoms with Gasteiger partial charge in [-0.3, -0.25) is 9.59 Å². The number of benzene rings is 3. The summed E-state index contributed by atoms with van der Waals surface area (Å²) in [5.41, 5.74) is 4.85. The number of hydrogen-bond donors (Lipinski definition) is 2. The summed E-state index contributed by atoms with van der Waals surface area (Å²) in [7, 11) is 0. The Kier molecular flexibility index (Phi) is 6.30. The molecular formula is C28H23N3O3S. The maximum Gasteiger partial charge on any atom is 0.307 e. The predicted molar refractivity (Wildman–Crippen MR) is 137 cm³/mol. The number of thiazole rings is 1. The zero-order chi connectivity index (χ0) is 24.4. The van der Waals surface area contributed by atoms with E-state index in [1.54, 1.807) is 24.3 Å². The molecule has 1 aliphatic rings. The number of fused-ring (bicyclic) bond motifs is 1. The van der Waals surface area contributed by atoms with Crippen LogP contribution < -0.4 is 5.32 Å². The molecule has 1 aliphatic carbocycles. The molecule has 2 unspecified atom stereocenters. The van der Waals surface area contributed by atoms with Gasteiger partial charge in [0.25, 0.3) is 0 Å². The van der Waals surface area contributed by atoms with Crippen molar-refractivity contribution in [2.24, 2.45) is 11.8 Å². The van der Waals surface area contributed by atoms with E-state index in [1.165, 1.54) is 11.3 Å². The Labute approximate surface area is 206 Å². The Bertz CT molecular complexity index is 1440. The van der Waals surface area contributed by atoms with Crippen molar-refractivity contribution in [2.45, 2.75) is 25.7 Å². The second kappa shape index (κ2) is 9.69. The van der Waals surface area contributed by atoms with Gasteiger partial charge >= 0.3 is 5.97 Å². The quantitative estimate of drug-likeness (QED) is 0.299. The van der Waals surface area contributed by atoms with Gasteiger partial charge in [0.15, 0.2) is 10.9 Å². The standard InChI is InChI=1S/C28H23N3O3S/c29-16-17-5-14-25-24(15-17)31-28(35-25)30-21-12-10-19(11-13-21)18-6-8-20(9-7-18)26(32)22-3-1-2-4-23(22)27(33)34/h5-15,22-23H,1-4H2,(H,30,31)(H,33,34). The smallest absolute Gasteiger partial charge is 0.307 e. The minimum Gasteiger partial charge on any atom is -0.481 e. The van der Waals surface area contributed by atoms with Crippen LogP contribution in [0.25, 0.3) is 21.3 Å². The van der Waals surface area contributed by atoms with Crippen LogP contribution in [-0.2, 0) is 4.79 Å². The molecule has 174 valence electrons. The Hall–Kier alpha value is -4.02. The second-order valence-electron chi connectivity index (χ2n) is 8.79. The maximum atomic E-state index is 13.0. The fourth-order valence-electron chi connectivity index (χ4n) is 4.70. The van der Waals surface area contributed by atoms with E-state index < -0.39 is 17.8 Å². The fraction of sp³-hybridized carbons (Fsp3) is 0.214. The lowest BCUT2D eigenvalue weighted by molar-refractivity contribution is -0.144. The molecule has 1 aromatic heterocycles. The van der Waals surface area contributed by atoms with Gasteiger partial charge in [-0.15, -0.1) is 0 Å². The van der Waals surface area contributed by atoms with E-state index in [-0.39, 0.29) is 5.78 Å². The largest absolute Gasteiger partial charge is 0.481 e. The van der Waals surface area contributed by atoms with E-state index in [4.69, 9.17) is 5.26 Å². The third-order valence-corrected chi connectivity index (χ3v) is 7.53. The summed E-state index contributed by atoms with van der Waals surface area (Å²) in [6, 6.07) is 23.0. The number of rotatable bonds is 6. The van der Waals surface area contributed by atoms with Gasteiger partial charge in [-0.2, -0.15) is 5.26 Å². The van der Waals surface area contributed by atoms with Crippen LogP contribution in [0.5, 0.6) is 0 Å². The number of nitriles is 1. The lowest BCUT2D eigenvalue weighted by Crippen LogP contribution is -2.32.